The number of aryl methyl sites for hydroxylation is 2. The number of hydrogen-bond donors (Lipinski definition) is 1. The number of carbonyl (C=O) groups is 1. The molecule has 0 amide bonds. The topological polar surface area (TPSA) is 134 Å². The van der Waals surface area contributed by atoms with Gasteiger partial charge in [0.2, 0.25) is 9.84 Å². The van der Waals surface area contributed by atoms with Crippen molar-refractivity contribution in [1.82, 2.24) is 10.1 Å². The number of methoxy groups -OCH3 is 2. The minimum Gasteiger partial charge on any atom is -0.497 e. The maximum Gasteiger partial charge on any atom is 0.339 e. The number of furan rings is 1. The molecule has 0 spiro atoms. The van der Waals surface area contributed by atoms with E-state index in [1.54, 1.807) is 61.7 Å². The van der Waals surface area contributed by atoms with E-state index in [-0.39, 0.29) is 16.1 Å². The number of hydrogen-bond acceptors (Lipinski definition) is 10. The van der Waals surface area contributed by atoms with Crippen molar-refractivity contribution < 1.29 is 31.6 Å². The van der Waals surface area contributed by atoms with E-state index >= 15 is 0 Å². The zero-order valence-electron chi connectivity index (χ0n) is 22.7. The second-order valence-corrected chi connectivity index (χ2v) is 11.3. The van der Waals surface area contributed by atoms with Gasteiger partial charge in [0.25, 0.3) is 0 Å². The molecule has 0 aliphatic heterocycles. The minimum absolute atomic E-state index is 0.0656. The summed E-state index contributed by atoms with van der Waals surface area (Å²) >= 11 is 0. The maximum absolute atomic E-state index is 13.9. The summed E-state index contributed by atoms with van der Waals surface area (Å²) in [6, 6.07) is 18.0. The monoisotopic (exact) mass is 573 g/mol. The predicted molar refractivity (Wildman–Crippen MR) is 151 cm³/mol. The number of esters is 1. The lowest BCUT2D eigenvalue weighted by atomic mass is 10.0. The van der Waals surface area contributed by atoms with E-state index in [1.807, 2.05) is 13.0 Å². The van der Waals surface area contributed by atoms with Gasteiger partial charge >= 0.3 is 5.97 Å². The lowest BCUT2D eigenvalue weighted by Crippen LogP contribution is -2.24. The molecule has 0 radical (unpaired) electrons. The van der Waals surface area contributed by atoms with Crippen LogP contribution in [0.3, 0.4) is 0 Å². The smallest absolute Gasteiger partial charge is 0.339 e. The van der Waals surface area contributed by atoms with Crippen molar-refractivity contribution in [2.45, 2.75) is 24.1 Å². The van der Waals surface area contributed by atoms with Gasteiger partial charge in [-0.1, -0.05) is 11.2 Å². The van der Waals surface area contributed by atoms with Crippen LogP contribution < -0.4 is 10.1 Å². The van der Waals surface area contributed by atoms with Crippen molar-refractivity contribution in [3.63, 3.8) is 0 Å². The number of benzene rings is 2. The highest BCUT2D eigenvalue weighted by molar-refractivity contribution is 7.91. The average molecular weight is 574 g/mol. The summed E-state index contributed by atoms with van der Waals surface area (Å²) in [5, 5.41) is 5.92. The van der Waals surface area contributed by atoms with Crippen molar-refractivity contribution in [3.05, 3.63) is 102 Å². The lowest BCUT2D eigenvalue weighted by Gasteiger charge is -2.24. The molecule has 3 aromatic heterocycles. The van der Waals surface area contributed by atoms with Crippen LogP contribution in [0.5, 0.6) is 5.75 Å². The third kappa shape index (κ3) is 5.57. The van der Waals surface area contributed by atoms with Gasteiger partial charge in [-0.15, -0.1) is 0 Å². The van der Waals surface area contributed by atoms with Crippen molar-refractivity contribution in [2.75, 3.05) is 19.5 Å². The molecule has 41 heavy (non-hydrogen) atoms. The van der Waals surface area contributed by atoms with Gasteiger partial charge in [0.15, 0.2) is 16.9 Å². The van der Waals surface area contributed by atoms with Gasteiger partial charge in [0.1, 0.15) is 17.2 Å². The summed E-state index contributed by atoms with van der Waals surface area (Å²) < 4.78 is 49.3. The Morgan fingerprint density at radius 1 is 0.976 bits per heavy atom. The highest BCUT2D eigenvalue weighted by Crippen LogP contribution is 2.37. The molecule has 3 heterocycles. The van der Waals surface area contributed by atoms with Crippen LogP contribution in [0.15, 0.2) is 93.0 Å². The molecule has 210 valence electrons. The van der Waals surface area contributed by atoms with Gasteiger partial charge in [-0.2, -0.15) is 0 Å². The fourth-order valence-electron chi connectivity index (χ4n) is 4.40. The number of rotatable bonds is 9. The molecule has 1 unspecified atom stereocenters. The molecule has 0 saturated carbocycles. The number of carbonyl (C=O) groups excluding carboxylic acids is 1. The molecule has 5 rings (SSSR count). The first-order valence-corrected chi connectivity index (χ1v) is 14.1. The molecule has 11 heteroatoms. The molecule has 0 saturated heterocycles. The molecule has 2 aromatic carbocycles. The number of aromatic nitrogens is 2. The molecule has 5 aromatic rings. The molecule has 1 N–H and O–H groups in total. The van der Waals surface area contributed by atoms with E-state index in [9.17, 15) is 13.2 Å². The van der Waals surface area contributed by atoms with Crippen LogP contribution >= 0.6 is 0 Å². The first-order chi connectivity index (χ1) is 19.7. The van der Waals surface area contributed by atoms with Gasteiger partial charge < -0.3 is 23.7 Å². The Morgan fingerprint density at radius 2 is 1.76 bits per heavy atom. The van der Waals surface area contributed by atoms with Crippen LogP contribution in [0, 0.1) is 13.8 Å². The van der Waals surface area contributed by atoms with Crippen LogP contribution in [0.2, 0.25) is 0 Å². The average Bonchev–Trinajstić information content (AvgIpc) is 3.65. The van der Waals surface area contributed by atoms with E-state index in [4.69, 9.17) is 18.4 Å². The zero-order valence-corrected chi connectivity index (χ0v) is 23.6. The number of anilines is 1. The molecular weight excluding hydrogens is 546 g/mol. The Kier molecular flexibility index (Phi) is 7.62. The molecule has 1 atom stereocenters. The first-order valence-electron chi connectivity index (χ1n) is 12.5. The highest BCUT2D eigenvalue weighted by Gasteiger charge is 2.32. The predicted octanol–water partition coefficient (Wildman–Crippen LogP) is 5.99. The Morgan fingerprint density at radius 3 is 2.39 bits per heavy atom. The number of sulfone groups is 1. The summed E-state index contributed by atoms with van der Waals surface area (Å²) in [6.07, 6.45) is 3.02. The van der Waals surface area contributed by atoms with E-state index in [0.717, 1.165) is 5.76 Å². The largest absolute Gasteiger partial charge is 0.497 e. The number of nitrogens with one attached hydrogen (secondary N) is 1. The Balaban J connectivity index is 1.59. The second-order valence-electron chi connectivity index (χ2n) is 9.23. The fraction of sp³-hybridized carbons (Fsp3) is 0.167. The van der Waals surface area contributed by atoms with Gasteiger partial charge in [-0.25, -0.2) is 13.2 Å². The van der Waals surface area contributed by atoms with Crippen LogP contribution in [-0.2, 0) is 14.6 Å². The summed E-state index contributed by atoms with van der Waals surface area (Å²) in [5.74, 6) is 1.53. The van der Waals surface area contributed by atoms with E-state index < -0.39 is 21.2 Å². The van der Waals surface area contributed by atoms with Gasteiger partial charge in [-0.3, -0.25) is 4.98 Å². The summed E-state index contributed by atoms with van der Waals surface area (Å²) in [4.78, 5) is 17.2. The third-order valence-corrected chi connectivity index (χ3v) is 8.43. The summed E-state index contributed by atoms with van der Waals surface area (Å²) in [5.41, 5.74) is 2.41. The molecule has 0 fully saturated rings. The standard InChI is InChI=1S/C30H27N3O7S/c1-18-14-21(27-16-25(33-40-27)26-12-7-19(2)39-26)15-24(30(34)38-4)28(18)32-29(20-6-5-13-31-17-20)41(35,36)23-10-8-22(37-3)9-11-23/h5-17,29,32H,1-4H3. The van der Waals surface area contributed by atoms with Crippen molar-refractivity contribution >= 4 is 21.5 Å². The SMILES string of the molecule is COC(=O)c1cc(-c2cc(-c3ccc(C)o3)no2)cc(C)c1NC(c1cccnc1)S(=O)(=O)c1ccc(OC)cc1. The van der Waals surface area contributed by atoms with Gasteiger partial charge in [0.05, 0.1) is 30.4 Å². The van der Waals surface area contributed by atoms with Crippen molar-refractivity contribution in [3.8, 4) is 28.5 Å². The number of pyridine rings is 1. The van der Waals surface area contributed by atoms with Crippen LogP contribution in [0.4, 0.5) is 5.69 Å². The van der Waals surface area contributed by atoms with Crippen LogP contribution in [-0.4, -0.2) is 38.7 Å². The van der Waals surface area contributed by atoms with Crippen LogP contribution in [0.25, 0.3) is 22.8 Å². The quantitative estimate of drug-likeness (QED) is 0.209. The van der Waals surface area contributed by atoms with E-state index in [0.29, 0.717) is 39.7 Å². The minimum atomic E-state index is -4.03. The maximum atomic E-state index is 13.9. The summed E-state index contributed by atoms with van der Waals surface area (Å²) in [6.45, 7) is 3.58. The van der Waals surface area contributed by atoms with Gasteiger partial charge in [0, 0.05) is 29.6 Å². The zero-order chi connectivity index (χ0) is 29.1. The normalized spacial score (nSPS) is 12.1. The molecular formula is C30H27N3O7S. The van der Waals surface area contributed by atoms with Crippen molar-refractivity contribution in [1.29, 1.82) is 0 Å². The molecule has 0 bridgehead atoms. The Hall–Kier alpha value is -4.90. The number of nitrogens with zero attached hydrogens (tertiary/aromatic N) is 2. The third-order valence-electron chi connectivity index (χ3n) is 6.49. The number of ether oxygens (including phenoxy) is 2. The second kappa shape index (κ2) is 11.3. The molecule has 0 aliphatic carbocycles. The van der Waals surface area contributed by atoms with Crippen LogP contribution in [0.1, 0.15) is 32.6 Å². The first kappa shape index (κ1) is 27.7. The highest BCUT2D eigenvalue weighted by atomic mass is 32.2. The summed E-state index contributed by atoms with van der Waals surface area (Å²) in [7, 11) is -1.27. The van der Waals surface area contributed by atoms with E-state index in [1.165, 1.54) is 32.5 Å². The Bertz CT molecular complexity index is 1790. The van der Waals surface area contributed by atoms with E-state index in [2.05, 4.69) is 15.5 Å². The molecule has 10 nitrogen and oxygen atoms in total. The fourth-order valence-corrected chi connectivity index (χ4v) is 5.95. The van der Waals surface area contributed by atoms with Crippen molar-refractivity contribution in [2.24, 2.45) is 0 Å². The molecule has 0 aliphatic rings. The lowest BCUT2D eigenvalue weighted by molar-refractivity contribution is 0.0601. The Labute approximate surface area is 236 Å². The van der Waals surface area contributed by atoms with Gasteiger partial charge in [-0.05, 0) is 74.0 Å².